The molecule has 1 aliphatic heterocycles. The van der Waals surface area contributed by atoms with Crippen molar-refractivity contribution in [1.82, 2.24) is 4.90 Å². The van der Waals surface area contributed by atoms with Gasteiger partial charge < -0.3 is 10.2 Å². The van der Waals surface area contributed by atoms with E-state index in [4.69, 9.17) is 0 Å². The summed E-state index contributed by atoms with van der Waals surface area (Å²) in [7, 11) is 0. The van der Waals surface area contributed by atoms with Gasteiger partial charge in [-0.15, -0.1) is 0 Å². The minimum atomic E-state index is -0.124. The Hall–Kier alpha value is -3.40. The summed E-state index contributed by atoms with van der Waals surface area (Å²) in [5, 5.41) is 2.94. The first-order valence-corrected chi connectivity index (χ1v) is 10.5. The van der Waals surface area contributed by atoms with Crippen LogP contribution in [0.2, 0.25) is 0 Å². The fourth-order valence-corrected chi connectivity index (χ4v) is 3.87. The van der Waals surface area contributed by atoms with Crippen molar-refractivity contribution in [2.75, 3.05) is 18.4 Å². The molecule has 3 aromatic rings. The van der Waals surface area contributed by atoms with Crippen LogP contribution in [0.4, 0.5) is 5.69 Å². The number of nitrogens with zero attached hydrogens (tertiary/aromatic N) is 1. The van der Waals surface area contributed by atoms with Crippen molar-refractivity contribution >= 4 is 17.5 Å². The lowest BCUT2D eigenvalue weighted by molar-refractivity contribution is -0.115. The normalized spacial score (nSPS) is 13.7. The number of carbonyl (C=O) groups is 2. The fourth-order valence-electron chi connectivity index (χ4n) is 3.87. The van der Waals surface area contributed by atoms with Crippen LogP contribution in [0.15, 0.2) is 78.9 Å². The molecule has 4 heteroatoms. The van der Waals surface area contributed by atoms with E-state index in [2.05, 4.69) is 17.4 Å². The molecule has 0 bridgehead atoms. The number of nitrogens with one attached hydrogen (secondary N) is 1. The van der Waals surface area contributed by atoms with Crippen molar-refractivity contribution < 1.29 is 9.59 Å². The van der Waals surface area contributed by atoms with Crippen molar-refractivity contribution in [3.8, 4) is 11.1 Å². The molecule has 1 aliphatic rings. The summed E-state index contributed by atoms with van der Waals surface area (Å²) in [6.45, 7) is 1.57. The molecule has 1 N–H and O–H groups in total. The first-order chi connectivity index (χ1) is 14.7. The van der Waals surface area contributed by atoms with Crippen molar-refractivity contribution in [3.63, 3.8) is 0 Å². The van der Waals surface area contributed by atoms with Gasteiger partial charge in [0.25, 0.3) is 5.91 Å². The van der Waals surface area contributed by atoms with Gasteiger partial charge in [0.1, 0.15) is 0 Å². The van der Waals surface area contributed by atoms with Gasteiger partial charge in [-0.3, -0.25) is 9.59 Å². The Morgan fingerprint density at radius 1 is 0.733 bits per heavy atom. The third kappa shape index (κ3) is 4.77. The average Bonchev–Trinajstić information content (AvgIpc) is 2.80. The summed E-state index contributed by atoms with van der Waals surface area (Å²) >= 11 is 0. The van der Waals surface area contributed by atoms with Crippen LogP contribution in [-0.2, 0) is 11.2 Å². The molecule has 4 rings (SSSR count). The smallest absolute Gasteiger partial charge is 0.255 e. The van der Waals surface area contributed by atoms with Crippen LogP contribution in [0.25, 0.3) is 11.1 Å². The number of para-hydroxylation sites is 1. The summed E-state index contributed by atoms with van der Waals surface area (Å²) in [6.07, 6.45) is 3.52. The zero-order valence-electron chi connectivity index (χ0n) is 17.0. The Balaban J connectivity index is 1.42. The van der Waals surface area contributed by atoms with Crippen LogP contribution in [-0.4, -0.2) is 29.8 Å². The summed E-state index contributed by atoms with van der Waals surface area (Å²) in [6, 6.07) is 25.5. The molecular formula is C26H26N2O2. The molecule has 1 heterocycles. The molecule has 0 atom stereocenters. The fraction of sp³-hybridized carbons (Fsp3) is 0.231. The average molecular weight is 399 g/mol. The standard InChI is InChI=1S/C26H26N2O2/c29-25(19-20-13-15-22(16-14-20)21-9-3-1-4-10-21)27-24-12-6-5-11-23(24)26(30)28-17-7-2-8-18-28/h1,3-6,9-16H,2,7-8,17-19H2,(H,27,29). The maximum Gasteiger partial charge on any atom is 0.255 e. The summed E-state index contributed by atoms with van der Waals surface area (Å²) in [5.41, 5.74) is 4.36. The minimum absolute atomic E-state index is 0.00202. The molecule has 4 nitrogen and oxygen atoms in total. The Bertz CT molecular complexity index is 1010. The lowest BCUT2D eigenvalue weighted by Gasteiger charge is -2.27. The largest absolute Gasteiger partial charge is 0.339 e. The van der Waals surface area contributed by atoms with E-state index in [1.807, 2.05) is 59.5 Å². The van der Waals surface area contributed by atoms with Gasteiger partial charge in [-0.1, -0.05) is 66.7 Å². The molecule has 1 saturated heterocycles. The summed E-state index contributed by atoms with van der Waals surface area (Å²) < 4.78 is 0. The highest BCUT2D eigenvalue weighted by molar-refractivity contribution is 6.04. The molecule has 0 spiro atoms. The van der Waals surface area contributed by atoms with Gasteiger partial charge in [-0.05, 0) is 48.1 Å². The molecule has 0 unspecified atom stereocenters. The molecule has 3 aromatic carbocycles. The summed E-state index contributed by atoms with van der Waals surface area (Å²) in [4.78, 5) is 27.4. The Labute approximate surface area is 177 Å². The predicted molar refractivity (Wildman–Crippen MR) is 120 cm³/mol. The number of anilines is 1. The van der Waals surface area contributed by atoms with E-state index < -0.39 is 0 Å². The molecule has 0 saturated carbocycles. The second kappa shape index (κ2) is 9.40. The molecule has 0 aromatic heterocycles. The highest BCUT2D eigenvalue weighted by Crippen LogP contribution is 2.22. The monoisotopic (exact) mass is 398 g/mol. The van der Waals surface area contributed by atoms with E-state index in [-0.39, 0.29) is 18.2 Å². The molecule has 30 heavy (non-hydrogen) atoms. The molecule has 0 aliphatic carbocycles. The zero-order chi connectivity index (χ0) is 20.8. The van der Waals surface area contributed by atoms with Crippen LogP contribution in [0.5, 0.6) is 0 Å². The van der Waals surface area contributed by atoms with E-state index in [1.165, 1.54) is 6.42 Å². The van der Waals surface area contributed by atoms with Crippen molar-refractivity contribution in [3.05, 3.63) is 90.0 Å². The maximum atomic E-state index is 12.9. The highest BCUT2D eigenvalue weighted by Gasteiger charge is 2.21. The first kappa shape index (κ1) is 19.9. The van der Waals surface area contributed by atoms with Crippen LogP contribution in [0.1, 0.15) is 35.2 Å². The maximum absolute atomic E-state index is 12.9. The number of hydrogen-bond acceptors (Lipinski definition) is 2. The number of piperidine rings is 1. The van der Waals surface area contributed by atoms with Crippen molar-refractivity contribution in [1.29, 1.82) is 0 Å². The van der Waals surface area contributed by atoms with Gasteiger partial charge in [0.15, 0.2) is 0 Å². The predicted octanol–water partition coefficient (Wildman–Crippen LogP) is 5.16. The second-order valence-corrected chi connectivity index (χ2v) is 7.69. The molecule has 2 amide bonds. The number of hydrogen-bond donors (Lipinski definition) is 1. The Morgan fingerprint density at radius 2 is 1.37 bits per heavy atom. The number of carbonyl (C=O) groups excluding carboxylic acids is 2. The third-order valence-electron chi connectivity index (χ3n) is 5.50. The quantitative estimate of drug-likeness (QED) is 0.645. The van der Waals surface area contributed by atoms with Gasteiger partial charge in [0, 0.05) is 13.1 Å². The lowest BCUT2D eigenvalue weighted by atomic mass is 10.0. The molecule has 152 valence electrons. The van der Waals surface area contributed by atoms with E-state index in [0.29, 0.717) is 11.3 Å². The van der Waals surface area contributed by atoms with Gasteiger partial charge in [-0.25, -0.2) is 0 Å². The second-order valence-electron chi connectivity index (χ2n) is 7.69. The highest BCUT2D eigenvalue weighted by atomic mass is 16.2. The zero-order valence-corrected chi connectivity index (χ0v) is 17.0. The number of rotatable bonds is 5. The van der Waals surface area contributed by atoms with Crippen LogP contribution in [0.3, 0.4) is 0 Å². The van der Waals surface area contributed by atoms with Crippen LogP contribution >= 0.6 is 0 Å². The van der Waals surface area contributed by atoms with Crippen molar-refractivity contribution in [2.24, 2.45) is 0 Å². The number of benzene rings is 3. The topological polar surface area (TPSA) is 49.4 Å². The van der Waals surface area contributed by atoms with Crippen molar-refractivity contribution in [2.45, 2.75) is 25.7 Å². The SMILES string of the molecule is O=C(Cc1ccc(-c2ccccc2)cc1)Nc1ccccc1C(=O)N1CCCCC1. The van der Waals surface area contributed by atoms with E-state index in [1.54, 1.807) is 12.1 Å². The number of amides is 2. The Kier molecular flexibility index (Phi) is 6.23. The Morgan fingerprint density at radius 3 is 2.10 bits per heavy atom. The van der Waals surface area contributed by atoms with E-state index in [0.717, 1.165) is 42.6 Å². The van der Waals surface area contributed by atoms with Gasteiger partial charge in [0.05, 0.1) is 17.7 Å². The van der Waals surface area contributed by atoms with E-state index in [9.17, 15) is 9.59 Å². The lowest BCUT2D eigenvalue weighted by Crippen LogP contribution is -2.36. The first-order valence-electron chi connectivity index (χ1n) is 10.5. The molecule has 0 radical (unpaired) electrons. The summed E-state index contributed by atoms with van der Waals surface area (Å²) in [5.74, 6) is -0.126. The van der Waals surface area contributed by atoms with Crippen LogP contribution < -0.4 is 5.32 Å². The molecular weight excluding hydrogens is 372 g/mol. The van der Waals surface area contributed by atoms with Gasteiger partial charge in [0.2, 0.25) is 5.91 Å². The number of likely N-dealkylation sites (tertiary alicyclic amines) is 1. The molecule has 1 fully saturated rings. The van der Waals surface area contributed by atoms with E-state index >= 15 is 0 Å². The van der Waals surface area contributed by atoms with Gasteiger partial charge >= 0.3 is 0 Å². The minimum Gasteiger partial charge on any atom is -0.339 e. The third-order valence-corrected chi connectivity index (χ3v) is 5.50. The van der Waals surface area contributed by atoms with Gasteiger partial charge in [-0.2, -0.15) is 0 Å². The van der Waals surface area contributed by atoms with Crippen LogP contribution in [0, 0.1) is 0 Å².